The fourth-order valence-electron chi connectivity index (χ4n) is 1.94. The minimum Gasteiger partial charge on any atom is -0.491 e. The molecule has 0 amide bonds. The summed E-state index contributed by atoms with van der Waals surface area (Å²) in [6.45, 7) is 3.73. The number of β-amino-alcohol motifs (C(OH)–C–C–N with tert-alkyl or cyclic N) is 1. The second-order valence-corrected chi connectivity index (χ2v) is 5.40. The number of hydrogen-bond donors (Lipinski definition) is 1. The molecule has 1 atom stereocenters. The molecule has 0 spiro atoms. The molecule has 0 aliphatic carbocycles. The second kappa shape index (κ2) is 7.19. The zero-order valence-corrected chi connectivity index (χ0v) is 12.1. The van der Waals surface area contributed by atoms with Gasteiger partial charge in [-0.3, -0.25) is 4.90 Å². The third kappa shape index (κ3) is 5.06. The minimum absolute atomic E-state index is 0.146. The van der Waals surface area contributed by atoms with Gasteiger partial charge in [-0.2, -0.15) is 0 Å². The minimum atomic E-state index is -0.597. The summed E-state index contributed by atoms with van der Waals surface area (Å²) < 4.78 is 24.4. The van der Waals surface area contributed by atoms with Crippen LogP contribution in [0, 0.1) is 5.82 Å². The highest BCUT2D eigenvalue weighted by molar-refractivity contribution is 9.10. The number of morpholine rings is 1. The van der Waals surface area contributed by atoms with E-state index >= 15 is 0 Å². The number of rotatable bonds is 5. The van der Waals surface area contributed by atoms with Gasteiger partial charge >= 0.3 is 0 Å². The summed E-state index contributed by atoms with van der Waals surface area (Å²) in [6.07, 6.45) is -0.597. The van der Waals surface area contributed by atoms with Crippen molar-refractivity contribution in [3.05, 3.63) is 28.5 Å². The number of hydrogen-bond acceptors (Lipinski definition) is 4. The van der Waals surface area contributed by atoms with Gasteiger partial charge in [-0.15, -0.1) is 0 Å². The van der Waals surface area contributed by atoms with Gasteiger partial charge in [0, 0.05) is 30.2 Å². The van der Waals surface area contributed by atoms with Crippen LogP contribution in [0.5, 0.6) is 5.75 Å². The molecule has 0 saturated carbocycles. The highest BCUT2D eigenvalue weighted by Gasteiger charge is 2.15. The van der Waals surface area contributed by atoms with Crippen molar-refractivity contribution in [3.63, 3.8) is 0 Å². The maximum Gasteiger partial charge on any atom is 0.128 e. The van der Waals surface area contributed by atoms with Gasteiger partial charge in [0.2, 0.25) is 0 Å². The van der Waals surface area contributed by atoms with Crippen molar-refractivity contribution in [1.29, 1.82) is 0 Å². The van der Waals surface area contributed by atoms with E-state index in [4.69, 9.17) is 9.47 Å². The van der Waals surface area contributed by atoms with Gasteiger partial charge in [0.25, 0.3) is 0 Å². The van der Waals surface area contributed by atoms with Gasteiger partial charge in [0.1, 0.15) is 24.3 Å². The largest absolute Gasteiger partial charge is 0.491 e. The molecule has 6 heteroatoms. The van der Waals surface area contributed by atoms with Crippen molar-refractivity contribution in [2.45, 2.75) is 6.10 Å². The van der Waals surface area contributed by atoms with Gasteiger partial charge in [0.15, 0.2) is 0 Å². The molecule has 1 aromatic rings. The van der Waals surface area contributed by atoms with E-state index in [1.165, 1.54) is 12.1 Å². The van der Waals surface area contributed by atoms with Crippen molar-refractivity contribution in [2.75, 3.05) is 39.5 Å². The molecule has 1 aliphatic rings. The Labute approximate surface area is 120 Å². The molecule has 2 rings (SSSR count). The molecule has 1 saturated heterocycles. The van der Waals surface area contributed by atoms with Crippen molar-refractivity contribution in [2.24, 2.45) is 0 Å². The molecule has 106 valence electrons. The second-order valence-electron chi connectivity index (χ2n) is 4.48. The maximum atomic E-state index is 13.1. The van der Waals surface area contributed by atoms with Crippen LogP contribution >= 0.6 is 15.9 Å². The number of nitrogens with zero attached hydrogens (tertiary/aromatic N) is 1. The molecule has 19 heavy (non-hydrogen) atoms. The Balaban J connectivity index is 1.77. The summed E-state index contributed by atoms with van der Waals surface area (Å²) in [5.41, 5.74) is 0. The molecule has 0 aromatic heterocycles. The standard InChI is InChI=1S/C13H17BrFNO3/c14-10-5-11(15)7-13(6-10)19-9-12(17)8-16-1-3-18-4-2-16/h5-7,12,17H,1-4,8-9H2/t12-/m0/s1. The summed E-state index contributed by atoms with van der Waals surface area (Å²) in [5.74, 6) is 0.0416. The average molecular weight is 334 g/mol. The first-order chi connectivity index (χ1) is 9.13. The van der Waals surface area contributed by atoms with Crippen LogP contribution in [-0.2, 0) is 4.74 Å². The number of aliphatic hydroxyl groups is 1. The quantitative estimate of drug-likeness (QED) is 0.889. The van der Waals surface area contributed by atoms with Crippen LogP contribution in [0.15, 0.2) is 22.7 Å². The molecule has 0 radical (unpaired) electrons. The first-order valence-corrected chi connectivity index (χ1v) is 7.00. The first kappa shape index (κ1) is 14.7. The topological polar surface area (TPSA) is 41.9 Å². The fourth-order valence-corrected chi connectivity index (χ4v) is 2.38. The molecule has 1 fully saturated rings. The monoisotopic (exact) mass is 333 g/mol. The van der Waals surface area contributed by atoms with Gasteiger partial charge in [-0.1, -0.05) is 15.9 Å². The lowest BCUT2D eigenvalue weighted by molar-refractivity contribution is 0.00462. The summed E-state index contributed by atoms with van der Waals surface area (Å²) in [5, 5.41) is 9.89. The van der Waals surface area contributed by atoms with Crippen LogP contribution in [0.1, 0.15) is 0 Å². The molecule has 4 nitrogen and oxygen atoms in total. The Morgan fingerprint density at radius 2 is 2.11 bits per heavy atom. The Morgan fingerprint density at radius 3 is 2.79 bits per heavy atom. The van der Waals surface area contributed by atoms with Crippen LogP contribution < -0.4 is 4.74 Å². The third-order valence-corrected chi connectivity index (χ3v) is 3.31. The summed E-state index contributed by atoms with van der Waals surface area (Å²) in [7, 11) is 0. The molecule has 1 aliphatic heterocycles. The SMILES string of the molecule is O[C@H](COc1cc(F)cc(Br)c1)CN1CCOCC1. The van der Waals surface area contributed by atoms with E-state index in [2.05, 4.69) is 20.8 Å². The molecule has 1 heterocycles. The van der Waals surface area contributed by atoms with Gasteiger partial charge in [-0.05, 0) is 12.1 Å². The number of aliphatic hydroxyl groups excluding tert-OH is 1. The highest BCUT2D eigenvalue weighted by atomic mass is 79.9. The van der Waals surface area contributed by atoms with E-state index in [1.54, 1.807) is 6.07 Å². The summed E-state index contributed by atoms with van der Waals surface area (Å²) in [6, 6.07) is 4.33. The smallest absolute Gasteiger partial charge is 0.128 e. The normalized spacial score (nSPS) is 18.3. The van der Waals surface area contributed by atoms with E-state index in [-0.39, 0.29) is 12.4 Å². The van der Waals surface area contributed by atoms with E-state index in [0.29, 0.717) is 30.0 Å². The van der Waals surface area contributed by atoms with Crippen LogP contribution in [0.3, 0.4) is 0 Å². The number of ether oxygens (including phenoxy) is 2. The van der Waals surface area contributed by atoms with Crippen molar-refractivity contribution in [1.82, 2.24) is 4.90 Å². The number of halogens is 2. The summed E-state index contributed by atoms with van der Waals surface area (Å²) in [4.78, 5) is 2.12. The molecule has 0 bridgehead atoms. The lowest BCUT2D eigenvalue weighted by Crippen LogP contribution is -2.42. The Morgan fingerprint density at radius 1 is 1.37 bits per heavy atom. The fraction of sp³-hybridized carbons (Fsp3) is 0.538. The molecular weight excluding hydrogens is 317 g/mol. The van der Waals surface area contributed by atoms with E-state index in [9.17, 15) is 9.50 Å². The molecule has 1 aromatic carbocycles. The average Bonchev–Trinajstić information content (AvgIpc) is 2.36. The molecule has 1 N–H and O–H groups in total. The van der Waals surface area contributed by atoms with E-state index in [1.807, 2.05) is 0 Å². The Bertz CT molecular complexity index is 393. The predicted molar refractivity (Wildman–Crippen MR) is 72.9 cm³/mol. The van der Waals surface area contributed by atoms with Gasteiger partial charge in [-0.25, -0.2) is 4.39 Å². The lowest BCUT2D eigenvalue weighted by atomic mass is 10.3. The third-order valence-electron chi connectivity index (χ3n) is 2.85. The van der Waals surface area contributed by atoms with Crippen molar-refractivity contribution < 1.29 is 19.0 Å². The zero-order chi connectivity index (χ0) is 13.7. The Kier molecular flexibility index (Phi) is 5.57. The van der Waals surface area contributed by atoms with Crippen LogP contribution in [0.25, 0.3) is 0 Å². The predicted octanol–water partition coefficient (Wildman–Crippen LogP) is 1.66. The zero-order valence-electron chi connectivity index (χ0n) is 10.5. The molecular formula is C13H17BrFNO3. The molecule has 0 unspecified atom stereocenters. The van der Waals surface area contributed by atoms with Crippen LogP contribution in [-0.4, -0.2) is 55.6 Å². The van der Waals surface area contributed by atoms with Gasteiger partial charge in [0.05, 0.1) is 13.2 Å². The van der Waals surface area contributed by atoms with Crippen molar-refractivity contribution >= 4 is 15.9 Å². The van der Waals surface area contributed by atoms with Crippen molar-refractivity contribution in [3.8, 4) is 5.75 Å². The Hall–Kier alpha value is -0.690. The van der Waals surface area contributed by atoms with E-state index < -0.39 is 6.10 Å². The van der Waals surface area contributed by atoms with E-state index in [0.717, 1.165) is 13.1 Å². The maximum absolute atomic E-state index is 13.1. The highest BCUT2D eigenvalue weighted by Crippen LogP contribution is 2.20. The van der Waals surface area contributed by atoms with Crippen LogP contribution in [0.2, 0.25) is 0 Å². The lowest BCUT2D eigenvalue weighted by Gasteiger charge is -2.28. The van der Waals surface area contributed by atoms with Gasteiger partial charge < -0.3 is 14.6 Å². The van der Waals surface area contributed by atoms with Crippen LogP contribution in [0.4, 0.5) is 4.39 Å². The summed E-state index contributed by atoms with van der Waals surface area (Å²) >= 11 is 3.20. The first-order valence-electron chi connectivity index (χ1n) is 6.20. The number of benzene rings is 1.